The predicted molar refractivity (Wildman–Crippen MR) is 72.2 cm³/mol. The van der Waals surface area contributed by atoms with Gasteiger partial charge < -0.3 is 10.5 Å². The van der Waals surface area contributed by atoms with Gasteiger partial charge in [-0.2, -0.15) is 5.26 Å². The number of benzene rings is 1. The molecule has 2 N–H and O–H groups in total. The van der Waals surface area contributed by atoms with Gasteiger partial charge in [0.25, 0.3) is 0 Å². The second-order valence-corrected chi connectivity index (χ2v) is 5.85. The summed E-state index contributed by atoms with van der Waals surface area (Å²) in [5.41, 5.74) is 7.51. The Bertz CT molecular complexity index is 464. The Morgan fingerprint density at radius 2 is 2.00 bits per heavy atom. The summed E-state index contributed by atoms with van der Waals surface area (Å²) in [7, 11) is 0. The SMILES string of the molecule is CC1(C)CCC(Oc2cc(C#N)ccc2N)CC1. The number of nitrogen functional groups attached to an aromatic ring is 1. The van der Waals surface area contributed by atoms with Crippen LogP contribution in [0.3, 0.4) is 0 Å². The Kier molecular flexibility index (Phi) is 3.47. The zero-order valence-electron chi connectivity index (χ0n) is 11.1. The average Bonchev–Trinajstić information content (AvgIpc) is 2.34. The van der Waals surface area contributed by atoms with Crippen LogP contribution < -0.4 is 10.5 Å². The van der Waals surface area contributed by atoms with E-state index in [1.165, 1.54) is 12.8 Å². The number of hydrogen-bond acceptors (Lipinski definition) is 3. The van der Waals surface area contributed by atoms with E-state index in [2.05, 4.69) is 19.9 Å². The molecule has 1 aromatic carbocycles. The monoisotopic (exact) mass is 244 g/mol. The molecule has 1 aliphatic rings. The standard InChI is InChI=1S/C15H20N2O/c1-15(2)7-5-12(6-8-15)18-14-9-11(10-16)3-4-13(14)17/h3-4,9,12H,5-8,17H2,1-2H3. The number of hydrogen-bond donors (Lipinski definition) is 1. The highest BCUT2D eigenvalue weighted by atomic mass is 16.5. The third-order valence-corrected chi connectivity index (χ3v) is 3.72. The van der Waals surface area contributed by atoms with Crippen LogP contribution in [0, 0.1) is 16.7 Å². The highest BCUT2D eigenvalue weighted by molar-refractivity contribution is 5.56. The number of nitriles is 1. The second kappa shape index (κ2) is 4.89. The molecule has 1 fully saturated rings. The van der Waals surface area contributed by atoms with Crippen LogP contribution in [0.1, 0.15) is 45.1 Å². The van der Waals surface area contributed by atoms with Crippen molar-refractivity contribution >= 4 is 5.69 Å². The van der Waals surface area contributed by atoms with Crippen molar-refractivity contribution in [2.24, 2.45) is 5.41 Å². The minimum absolute atomic E-state index is 0.231. The fourth-order valence-corrected chi connectivity index (χ4v) is 2.38. The number of nitrogens with two attached hydrogens (primary N) is 1. The molecule has 0 saturated heterocycles. The number of ether oxygens (including phenoxy) is 1. The van der Waals surface area contributed by atoms with Crippen molar-refractivity contribution in [1.82, 2.24) is 0 Å². The van der Waals surface area contributed by atoms with Crippen molar-refractivity contribution in [1.29, 1.82) is 5.26 Å². The van der Waals surface area contributed by atoms with Gasteiger partial charge in [-0.1, -0.05) is 13.8 Å². The molecule has 96 valence electrons. The van der Waals surface area contributed by atoms with Crippen molar-refractivity contribution in [3.8, 4) is 11.8 Å². The second-order valence-electron chi connectivity index (χ2n) is 5.85. The summed E-state index contributed by atoms with van der Waals surface area (Å²) in [5, 5.41) is 8.88. The molecule has 1 saturated carbocycles. The molecule has 2 rings (SSSR count). The van der Waals surface area contributed by atoms with Gasteiger partial charge in [-0.15, -0.1) is 0 Å². The summed E-state index contributed by atoms with van der Waals surface area (Å²) in [6, 6.07) is 7.29. The predicted octanol–water partition coefficient (Wildman–Crippen LogP) is 3.49. The van der Waals surface area contributed by atoms with E-state index in [1.807, 2.05) is 0 Å². The van der Waals surface area contributed by atoms with Crippen LogP contribution in [0.25, 0.3) is 0 Å². The molecule has 0 atom stereocenters. The molecule has 0 aromatic heterocycles. The smallest absolute Gasteiger partial charge is 0.143 e. The third kappa shape index (κ3) is 2.95. The normalized spacial score (nSPS) is 19.2. The van der Waals surface area contributed by atoms with Crippen LogP contribution >= 0.6 is 0 Å². The largest absolute Gasteiger partial charge is 0.488 e. The summed E-state index contributed by atoms with van der Waals surface area (Å²) < 4.78 is 5.95. The van der Waals surface area contributed by atoms with Gasteiger partial charge in [-0.05, 0) is 43.2 Å². The third-order valence-electron chi connectivity index (χ3n) is 3.72. The van der Waals surface area contributed by atoms with Gasteiger partial charge in [-0.25, -0.2) is 0 Å². The van der Waals surface area contributed by atoms with E-state index < -0.39 is 0 Å². The fourth-order valence-electron chi connectivity index (χ4n) is 2.38. The van der Waals surface area contributed by atoms with Gasteiger partial charge in [0.1, 0.15) is 5.75 Å². The molecule has 1 aliphatic carbocycles. The molecule has 0 spiro atoms. The van der Waals surface area contributed by atoms with Gasteiger partial charge in [0.05, 0.1) is 23.4 Å². The lowest BCUT2D eigenvalue weighted by atomic mass is 9.76. The van der Waals surface area contributed by atoms with E-state index in [-0.39, 0.29) is 6.10 Å². The molecule has 0 aliphatic heterocycles. The topological polar surface area (TPSA) is 59.0 Å². The number of rotatable bonds is 2. The quantitative estimate of drug-likeness (QED) is 0.810. The van der Waals surface area contributed by atoms with Gasteiger partial charge in [0.15, 0.2) is 0 Å². The molecule has 1 aromatic rings. The molecular formula is C15H20N2O. The number of nitrogens with zero attached hydrogens (tertiary/aromatic N) is 1. The van der Waals surface area contributed by atoms with Crippen molar-refractivity contribution in [2.75, 3.05) is 5.73 Å². The van der Waals surface area contributed by atoms with Crippen LogP contribution in [0.15, 0.2) is 18.2 Å². The molecular weight excluding hydrogens is 224 g/mol. The Labute approximate surface area is 109 Å². The summed E-state index contributed by atoms with van der Waals surface area (Å²) in [4.78, 5) is 0. The molecule has 0 radical (unpaired) electrons. The van der Waals surface area contributed by atoms with E-state index in [0.717, 1.165) is 12.8 Å². The van der Waals surface area contributed by atoms with Crippen LogP contribution in [0.5, 0.6) is 5.75 Å². The first-order chi connectivity index (χ1) is 8.50. The van der Waals surface area contributed by atoms with Crippen molar-refractivity contribution < 1.29 is 4.74 Å². The molecule has 3 nitrogen and oxygen atoms in total. The maximum atomic E-state index is 8.88. The zero-order valence-corrected chi connectivity index (χ0v) is 11.1. The first-order valence-electron chi connectivity index (χ1n) is 6.46. The minimum Gasteiger partial charge on any atom is -0.488 e. The Hall–Kier alpha value is -1.69. The van der Waals surface area contributed by atoms with Gasteiger partial charge in [-0.3, -0.25) is 0 Å². The van der Waals surface area contributed by atoms with Gasteiger partial charge >= 0.3 is 0 Å². The Morgan fingerprint density at radius 1 is 1.33 bits per heavy atom. The maximum Gasteiger partial charge on any atom is 0.143 e. The molecule has 3 heteroatoms. The first kappa shape index (κ1) is 12.8. The van der Waals surface area contributed by atoms with Crippen LogP contribution in [-0.2, 0) is 0 Å². The van der Waals surface area contributed by atoms with Crippen molar-refractivity contribution in [3.63, 3.8) is 0 Å². The van der Waals surface area contributed by atoms with Crippen molar-refractivity contribution in [2.45, 2.75) is 45.6 Å². The molecule has 0 amide bonds. The molecule has 0 unspecified atom stereocenters. The lowest BCUT2D eigenvalue weighted by Crippen LogP contribution is -2.28. The van der Waals surface area contributed by atoms with Crippen LogP contribution in [-0.4, -0.2) is 6.10 Å². The fraction of sp³-hybridized carbons (Fsp3) is 0.533. The van der Waals surface area contributed by atoms with Gasteiger partial charge in [0.2, 0.25) is 0 Å². The highest BCUT2D eigenvalue weighted by Gasteiger charge is 2.28. The maximum absolute atomic E-state index is 8.88. The first-order valence-corrected chi connectivity index (χ1v) is 6.46. The summed E-state index contributed by atoms with van der Waals surface area (Å²) in [5.74, 6) is 0.652. The highest BCUT2D eigenvalue weighted by Crippen LogP contribution is 2.37. The minimum atomic E-state index is 0.231. The summed E-state index contributed by atoms with van der Waals surface area (Å²) >= 11 is 0. The lowest BCUT2D eigenvalue weighted by Gasteiger charge is -2.34. The Balaban J connectivity index is 2.04. The van der Waals surface area contributed by atoms with Gasteiger partial charge in [0, 0.05) is 6.07 Å². The van der Waals surface area contributed by atoms with Crippen LogP contribution in [0.2, 0.25) is 0 Å². The van der Waals surface area contributed by atoms with E-state index >= 15 is 0 Å². The molecule has 18 heavy (non-hydrogen) atoms. The Morgan fingerprint density at radius 3 is 2.61 bits per heavy atom. The van der Waals surface area contributed by atoms with Crippen LogP contribution in [0.4, 0.5) is 5.69 Å². The lowest BCUT2D eigenvalue weighted by molar-refractivity contribution is 0.0994. The summed E-state index contributed by atoms with van der Waals surface area (Å²) in [6.07, 6.45) is 4.70. The molecule has 0 heterocycles. The average molecular weight is 244 g/mol. The zero-order chi connectivity index (χ0) is 13.2. The van der Waals surface area contributed by atoms with E-state index in [1.54, 1.807) is 18.2 Å². The van der Waals surface area contributed by atoms with Crippen molar-refractivity contribution in [3.05, 3.63) is 23.8 Å². The van der Waals surface area contributed by atoms with E-state index in [9.17, 15) is 0 Å². The van der Waals surface area contributed by atoms with E-state index in [4.69, 9.17) is 15.7 Å². The molecule has 0 bridgehead atoms. The number of anilines is 1. The van der Waals surface area contributed by atoms with E-state index in [0.29, 0.717) is 22.4 Å². The summed E-state index contributed by atoms with van der Waals surface area (Å²) in [6.45, 7) is 4.60.